The summed E-state index contributed by atoms with van der Waals surface area (Å²) < 4.78 is 1.99. The smallest absolute Gasteiger partial charge is 0.188 e. The number of benzene rings is 3. The number of carbonyl (C=O) groups excluding carboxylic acids is 2. The molecule has 0 fully saturated rings. The first-order valence-electron chi connectivity index (χ1n) is 9.17. The first-order chi connectivity index (χ1) is 14.0. The van der Waals surface area contributed by atoms with E-state index in [1.165, 1.54) is 12.2 Å². The van der Waals surface area contributed by atoms with E-state index in [4.69, 9.17) is 0 Å². The number of allylic oxidation sites excluding steroid dienone is 2. The molecule has 1 atom stereocenters. The van der Waals surface area contributed by atoms with E-state index in [0.717, 1.165) is 21.9 Å². The van der Waals surface area contributed by atoms with E-state index in [1.807, 2.05) is 41.0 Å². The van der Waals surface area contributed by atoms with Crippen LogP contribution in [0.5, 0.6) is 0 Å². The molecule has 6 nitrogen and oxygen atoms in total. The SMILES string of the molecule is O=C1C=CC(=O)c2c1ccc1c3ccccc3n(Cc3cccc([NH+]([O-])O)c3)c21. The summed E-state index contributed by atoms with van der Waals surface area (Å²) in [5, 5.41) is 21.5. The van der Waals surface area contributed by atoms with Gasteiger partial charge in [-0.2, -0.15) is 5.23 Å². The van der Waals surface area contributed by atoms with Crippen LogP contribution in [0, 0.1) is 5.21 Å². The third-order valence-electron chi connectivity index (χ3n) is 5.35. The largest absolute Gasteiger partial charge is 0.595 e. The van der Waals surface area contributed by atoms with E-state index in [1.54, 1.807) is 24.3 Å². The van der Waals surface area contributed by atoms with E-state index < -0.39 is 5.23 Å². The molecule has 0 radical (unpaired) electrons. The molecular weight excluding hydrogens is 368 g/mol. The summed E-state index contributed by atoms with van der Waals surface area (Å²) in [5.74, 6) is -0.389. The molecule has 29 heavy (non-hydrogen) atoms. The molecule has 3 aromatic carbocycles. The molecule has 0 bridgehead atoms. The Morgan fingerprint density at radius 2 is 1.69 bits per heavy atom. The van der Waals surface area contributed by atoms with Gasteiger partial charge < -0.3 is 9.77 Å². The van der Waals surface area contributed by atoms with Crippen molar-refractivity contribution in [3.63, 3.8) is 0 Å². The normalized spacial score (nSPS) is 14.6. The number of aromatic nitrogens is 1. The summed E-state index contributed by atoms with van der Waals surface area (Å²) in [5.41, 5.74) is 3.43. The Kier molecular flexibility index (Phi) is 3.92. The minimum atomic E-state index is -0.989. The van der Waals surface area contributed by atoms with Gasteiger partial charge in [-0.3, -0.25) is 9.59 Å². The van der Waals surface area contributed by atoms with E-state index in [0.29, 0.717) is 23.2 Å². The fourth-order valence-electron chi connectivity index (χ4n) is 4.07. The second-order valence-corrected chi connectivity index (χ2v) is 7.05. The minimum Gasteiger partial charge on any atom is -0.595 e. The Balaban J connectivity index is 1.82. The average Bonchev–Trinajstić information content (AvgIpc) is 3.05. The zero-order valence-electron chi connectivity index (χ0n) is 15.3. The number of nitrogens with one attached hydrogen (secondary N) is 1. The topological polar surface area (TPSA) is 86.8 Å². The van der Waals surface area contributed by atoms with Crippen LogP contribution in [0.3, 0.4) is 0 Å². The van der Waals surface area contributed by atoms with E-state index >= 15 is 0 Å². The molecule has 1 heterocycles. The monoisotopic (exact) mass is 384 g/mol. The highest BCUT2D eigenvalue weighted by Crippen LogP contribution is 2.35. The fraction of sp³-hybridized carbons (Fsp3) is 0.0435. The number of rotatable bonds is 3. The standard InChI is InChI=1S/C23H16N2O4/c26-20-10-11-21(27)22-18(20)9-8-17-16-6-1-2-7-19(16)24(23(17)22)13-14-4-3-5-15(12-14)25(28)29/h1-12,25,28H,13H2. The third-order valence-corrected chi connectivity index (χ3v) is 5.35. The zero-order valence-corrected chi connectivity index (χ0v) is 15.3. The molecule has 0 saturated carbocycles. The number of hydrogen-bond donors (Lipinski definition) is 2. The minimum absolute atomic E-state index is 0.189. The lowest BCUT2D eigenvalue weighted by Crippen LogP contribution is -2.99. The summed E-state index contributed by atoms with van der Waals surface area (Å²) in [6, 6.07) is 18.1. The van der Waals surface area contributed by atoms with Crippen LogP contribution in [0.25, 0.3) is 21.8 Å². The predicted molar refractivity (Wildman–Crippen MR) is 109 cm³/mol. The molecule has 4 aromatic rings. The van der Waals surface area contributed by atoms with Crippen LogP contribution < -0.4 is 5.23 Å². The van der Waals surface area contributed by atoms with Gasteiger partial charge in [0.25, 0.3) is 0 Å². The lowest BCUT2D eigenvalue weighted by atomic mass is 9.92. The molecule has 1 aliphatic carbocycles. The van der Waals surface area contributed by atoms with Gasteiger partial charge in [0.2, 0.25) is 0 Å². The molecule has 142 valence electrons. The van der Waals surface area contributed by atoms with Crippen molar-refractivity contribution in [3.8, 4) is 0 Å². The summed E-state index contributed by atoms with van der Waals surface area (Å²) >= 11 is 0. The Labute approximate surface area is 165 Å². The first-order valence-corrected chi connectivity index (χ1v) is 9.17. The lowest BCUT2D eigenvalue weighted by molar-refractivity contribution is -0.991. The second-order valence-electron chi connectivity index (χ2n) is 7.05. The van der Waals surface area contributed by atoms with Crippen molar-refractivity contribution in [2.24, 2.45) is 0 Å². The number of quaternary nitrogens is 1. The summed E-state index contributed by atoms with van der Waals surface area (Å²) in [6.45, 7) is 0.382. The highest BCUT2D eigenvalue weighted by Gasteiger charge is 2.25. The number of nitrogens with zero attached hydrogens (tertiary/aromatic N) is 1. The molecule has 0 amide bonds. The van der Waals surface area contributed by atoms with Gasteiger partial charge in [0.15, 0.2) is 17.3 Å². The van der Waals surface area contributed by atoms with E-state index in [-0.39, 0.29) is 17.3 Å². The van der Waals surface area contributed by atoms with Crippen LogP contribution in [0.2, 0.25) is 0 Å². The van der Waals surface area contributed by atoms with Crippen molar-refractivity contribution < 1.29 is 20.0 Å². The van der Waals surface area contributed by atoms with Gasteiger partial charge in [0.05, 0.1) is 11.1 Å². The molecular formula is C23H16N2O4. The van der Waals surface area contributed by atoms with E-state index in [2.05, 4.69) is 0 Å². The van der Waals surface area contributed by atoms with Crippen LogP contribution >= 0.6 is 0 Å². The fourth-order valence-corrected chi connectivity index (χ4v) is 4.07. The van der Waals surface area contributed by atoms with Crippen LogP contribution in [0.4, 0.5) is 5.69 Å². The van der Waals surface area contributed by atoms with Gasteiger partial charge in [0.1, 0.15) is 0 Å². The molecule has 5 rings (SSSR count). The van der Waals surface area contributed by atoms with Crippen molar-refractivity contribution in [1.82, 2.24) is 4.57 Å². The number of fused-ring (bicyclic) bond motifs is 5. The number of para-hydroxylation sites is 1. The van der Waals surface area contributed by atoms with Crippen LogP contribution in [-0.4, -0.2) is 21.3 Å². The van der Waals surface area contributed by atoms with Gasteiger partial charge in [-0.1, -0.05) is 36.4 Å². The predicted octanol–water partition coefficient (Wildman–Crippen LogP) is 3.18. The van der Waals surface area contributed by atoms with Crippen molar-refractivity contribution in [2.75, 3.05) is 0 Å². The number of ketones is 2. The molecule has 1 unspecified atom stereocenters. The highest BCUT2D eigenvalue weighted by molar-refractivity contribution is 6.28. The van der Waals surface area contributed by atoms with Crippen LogP contribution in [0.1, 0.15) is 26.3 Å². The molecule has 1 aliphatic rings. The van der Waals surface area contributed by atoms with Gasteiger partial charge in [0, 0.05) is 40.5 Å². The number of hydrogen-bond acceptors (Lipinski definition) is 4. The maximum absolute atomic E-state index is 12.7. The van der Waals surface area contributed by atoms with Gasteiger partial charge >= 0.3 is 0 Å². The number of carbonyl (C=O) groups is 2. The van der Waals surface area contributed by atoms with Crippen LogP contribution in [-0.2, 0) is 6.54 Å². The molecule has 1 aromatic heterocycles. The van der Waals surface area contributed by atoms with Crippen molar-refractivity contribution in [1.29, 1.82) is 0 Å². The van der Waals surface area contributed by atoms with Crippen molar-refractivity contribution in [3.05, 3.63) is 94.7 Å². The second kappa shape index (κ2) is 6.49. The summed E-state index contributed by atoms with van der Waals surface area (Å²) in [6.07, 6.45) is 2.62. The quantitative estimate of drug-likeness (QED) is 0.531. The summed E-state index contributed by atoms with van der Waals surface area (Å²) in [7, 11) is 0. The Hall–Kier alpha value is -3.58. The average molecular weight is 384 g/mol. The lowest BCUT2D eigenvalue weighted by Gasteiger charge is -2.15. The van der Waals surface area contributed by atoms with Crippen LogP contribution in [0.15, 0.2) is 72.8 Å². The molecule has 6 heteroatoms. The van der Waals surface area contributed by atoms with Crippen molar-refractivity contribution >= 4 is 39.1 Å². The molecule has 0 aliphatic heterocycles. The van der Waals surface area contributed by atoms with Gasteiger partial charge in [-0.05, 0) is 29.8 Å². The highest BCUT2D eigenvalue weighted by atomic mass is 16.8. The molecule has 0 spiro atoms. The Morgan fingerprint density at radius 1 is 0.897 bits per heavy atom. The van der Waals surface area contributed by atoms with Crippen molar-refractivity contribution in [2.45, 2.75) is 6.54 Å². The van der Waals surface area contributed by atoms with E-state index in [9.17, 15) is 20.0 Å². The Bertz CT molecular complexity index is 1350. The summed E-state index contributed by atoms with van der Waals surface area (Å²) in [4.78, 5) is 25.1. The first kappa shape index (κ1) is 17.5. The molecule has 2 N–H and O–H groups in total. The Morgan fingerprint density at radius 3 is 2.52 bits per heavy atom. The zero-order chi connectivity index (χ0) is 20.1. The maximum Gasteiger partial charge on any atom is 0.188 e. The maximum atomic E-state index is 12.7. The third kappa shape index (κ3) is 2.70. The molecule has 0 saturated heterocycles. The van der Waals surface area contributed by atoms with Gasteiger partial charge in [-0.15, -0.1) is 0 Å². The van der Waals surface area contributed by atoms with Gasteiger partial charge in [-0.25, -0.2) is 5.21 Å².